The summed E-state index contributed by atoms with van der Waals surface area (Å²) in [4.78, 5) is 14.8. The maximum Gasteiger partial charge on any atom is 0.269 e. The van der Waals surface area contributed by atoms with E-state index in [1.807, 2.05) is 0 Å². The zero-order valence-electron chi connectivity index (χ0n) is 13.9. The Hall–Kier alpha value is -3.29. The maximum atomic E-state index is 10.8. The van der Waals surface area contributed by atoms with E-state index in [1.54, 1.807) is 12.1 Å². The van der Waals surface area contributed by atoms with Crippen LogP contribution in [0.25, 0.3) is 11.0 Å². The van der Waals surface area contributed by atoms with Gasteiger partial charge in [-0.3, -0.25) is 10.1 Å². The molecule has 140 valence electrons. The number of aromatic hydroxyl groups is 1. The van der Waals surface area contributed by atoms with Crippen LogP contribution in [-0.4, -0.2) is 15.7 Å². The van der Waals surface area contributed by atoms with Crippen LogP contribution in [0.3, 0.4) is 0 Å². The van der Waals surface area contributed by atoms with E-state index in [0.29, 0.717) is 21.9 Å². The fourth-order valence-electron chi connectivity index (χ4n) is 2.68. The van der Waals surface area contributed by atoms with Gasteiger partial charge in [0.1, 0.15) is 0 Å². The van der Waals surface area contributed by atoms with Crippen molar-refractivity contribution in [3.8, 4) is 5.75 Å². The quantitative estimate of drug-likeness (QED) is 0.245. The molecular weight excluding hydrogens is 407 g/mol. The SMILES string of the molecule is O=[N+]([O-])c1ccc(N=C(c2ccco2)c2oc3c(Cl)cc(Cl)cc3c2O)cc1. The number of nitro groups is 1. The Kier molecular flexibility index (Phi) is 4.54. The van der Waals surface area contributed by atoms with E-state index in [-0.39, 0.29) is 33.5 Å². The first-order valence-corrected chi connectivity index (χ1v) is 8.67. The third-order valence-corrected chi connectivity index (χ3v) is 4.45. The summed E-state index contributed by atoms with van der Waals surface area (Å²) in [7, 11) is 0. The molecule has 0 spiro atoms. The van der Waals surface area contributed by atoms with Crippen molar-refractivity contribution in [1.29, 1.82) is 0 Å². The van der Waals surface area contributed by atoms with Gasteiger partial charge in [0.25, 0.3) is 5.69 Å². The molecule has 28 heavy (non-hydrogen) atoms. The van der Waals surface area contributed by atoms with Crippen molar-refractivity contribution in [1.82, 2.24) is 0 Å². The molecule has 0 atom stereocenters. The molecule has 0 fully saturated rings. The van der Waals surface area contributed by atoms with Gasteiger partial charge >= 0.3 is 0 Å². The van der Waals surface area contributed by atoms with E-state index in [9.17, 15) is 15.2 Å². The molecule has 2 aromatic carbocycles. The molecule has 9 heteroatoms. The number of furan rings is 2. The lowest BCUT2D eigenvalue weighted by molar-refractivity contribution is -0.384. The van der Waals surface area contributed by atoms with Crippen LogP contribution < -0.4 is 0 Å². The molecule has 0 saturated carbocycles. The average Bonchev–Trinajstić information content (AvgIpc) is 3.30. The van der Waals surface area contributed by atoms with Crippen LogP contribution in [0, 0.1) is 10.1 Å². The molecule has 0 aliphatic heterocycles. The van der Waals surface area contributed by atoms with Crippen molar-refractivity contribution in [2.75, 3.05) is 0 Å². The van der Waals surface area contributed by atoms with Gasteiger partial charge in [0, 0.05) is 17.2 Å². The van der Waals surface area contributed by atoms with E-state index >= 15 is 0 Å². The van der Waals surface area contributed by atoms with Crippen LogP contribution in [0.1, 0.15) is 11.5 Å². The Morgan fingerprint density at radius 3 is 2.54 bits per heavy atom. The topological polar surface area (TPSA) is 102 Å². The molecule has 4 aromatic rings. The summed E-state index contributed by atoms with van der Waals surface area (Å²) in [5, 5.41) is 22.4. The van der Waals surface area contributed by atoms with Gasteiger partial charge in [-0.25, -0.2) is 4.99 Å². The van der Waals surface area contributed by atoms with Crippen molar-refractivity contribution in [3.63, 3.8) is 0 Å². The average molecular weight is 417 g/mol. The van der Waals surface area contributed by atoms with E-state index in [4.69, 9.17) is 32.0 Å². The first-order valence-electron chi connectivity index (χ1n) is 7.92. The summed E-state index contributed by atoms with van der Waals surface area (Å²) >= 11 is 12.2. The van der Waals surface area contributed by atoms with Crippen molar-refractivity contribution >= 4 is 51.3 Å². The first kappa shape index (κ1) is 18.1. The minimum Gasteiger partial charge on any atom is -0.504 e. The molecule has 0 radical (unpaired) electrons. The van der Waals surface area contributed by atoms with Crippen LogP contribution in [-0.2, 0) is 0 Å². The zero-order valence-corrected chi connectivity index (χ0v) is 15.4. The third-order valence-electron chi connectivity index (χ3n) is 3.95. The molecule has 4 rings (SSSR count). The molecule has 0 bridgehead atoms. The molecular formula is C19H10Cl2N2O5. The highest BCUT2D eigenvalue weighted by atomic mass is 35.5. The number of fused-ring (bicyclic) bond motifs is 1. The molecule has 0 amide bonds. The molecule has 2 heterocycles. The maximum absolute atomic E-state index is 10.8. The Balaban J connectivity index is 1.91. The Labute approximate surface area is 167 Å². The van der Waals surface area contributed by atoms with Crippen LogP contribution in [0.2, 0.25) is 10.0 Å². The number of nitrogens with zero attached hydrogens (tertiary/aromatic N) is 2. The van der Waals surface area contributed by atoms with Gasteiger partial charge in [0.05, 0.1) is 27.3 Å². The Morgan fingerprint density at radius 1 is 1.14 bits per heavy atom. The van der Waals surface area contributed by atoms with Gasteiger partial charge in [-0.1, -0.05) is 23.2 Å². The van der Waals surface area contributed by atoms with E-state index in [0.717, 1.165) is 0 Å². The second-order valence-corrected chi connectivity index (χ2v) is 6.60. The second kappa shape index (κ2) is 7.03. The number of non-ortho nitro benzene ring substituents is 1. The lowest BCUT2D eigenvalue weighted by atomic mass is 10.1. The van der Waals surface area contributed by atoms with Gasteiger partial charge in [0.15, 0.2) is 28.6 Å². The van der Waals surface area contributed by atoms with Crippen LogP contribution in [0.4, 0.5) is 11.4 Å². The van der Waals surface area contributed by atoms with Crippen molar-refractivity contribution < 1.29 is 18.9 Å². The summed E-state index contributed by atoms with van der Waals surface area (Å²) in [5.41, 5.74) is 0.786. The summed E-state index contributed by atoms with van der Waals surface area (Å²) in [6.45, 7) is 0. The first-order chi connectivity index (χ1) is 13.4. The van der Waals surface area contributed by atoms with Crippen molar-refractivity contribution in [2.45, 2.75) is 0 Å². The second-order valence-electron chi connectivity index (χ2n) is 5.76. The summed E-state index contributed by atoms with van der Waals surface area (Å²) in [5.74, 6) is 0.166. The van der Waals surface area contributed by atoms with Gasteiger partial charge in [-0.2, -0.15) is 0 Å². The Morgan fingerprint density at radius 2 is 1.89 bits per heavy atom. The Bertz CT molecular complexity index is 1210. The highest BCUT2D eigenvalue weighted by Gasteiger charge is 2.24. The third kappa shape index (κ3) is 3.21. The highest BCUT2D eigenvalue weighted by molar-refractivity contribution is 6.38. The van der Waals surface area contributed by atoms with E-state index in [1.165, 1.54) is 42.7 Å². The molecule has 7 nitrogen and oxygen atoms in total. The summed E-state index contributed by atoms with van der Waals surface area (Å²) in [6, 6.07) is 11.9. The lowest BCUT2D eigenvalue weighted by Crippen LogP contribution is -2.00. The smallest absolute Gasteiger partial charge is 0.269 e. The predicted molar refractivity (Wildman–Crippen MR) is 105 cm³/mol. The van der Waals surface area contributed by atoms with Crippen molar-refractivity contribution in [3.05, 3.63) is 86.5 Å². The summed E-state index contributed by atoms with van der Waals surface area (Å²) < 4.78 is 11.2. The largest absolute Gasteiger partial charge is 0.504 e. The summed E-state index contributed by atoms with van der Waals surface area (Å²) in [6.07, 6.45) is 1.45. The molecule has 0 aliphatic rings. The molecule has 0 aliphatic carbocycles. The molecule has 2 aromatic heterocycles. The van der Waals surface area contributed by atoms with Gasteiger partial charge in [-0.05, 0) is 36.4 Å². The standard InChI is InChI=1S/C19H10Cl2N2O5/c20-10-8-13-17(24)19(28-18(13)14(21)9-10)16(15-2-1-7-27-15)22-11-3-5-12(6-4-11)23(25)26/h1-9,24H. The monoisotopic (exact) mass is 416 g/mol. The molecule has 1 N–H and O–H groups in total. The number of halogens is 2. The molecule has 0 unspecified atom stereocenters. The normalized spacial score (nSPS) is 11.9. The van der Waals surface area contributed by atoms with Gasteiger partial charge in [0.2, 0.25) is 0 Å². The fraction of sp³-hybridized carbons (Fsp3) is 0. The number of hydrogen-bond acceptors (Lipinski definition) is 6. The minimum atomic E-state index is -0.502. The van der Waals surface area contributed by atoms with Crippen LogP contribution >= 0.6 is 23.2 Å². The van der Waals surface area contributed by atoms with E-state index in [2.05, 4.69) is 4.99 Å². The van der Waals surface area contributed by atoms with Gasteiger partial charge in [-0.15, -0.1) is 0 Å². The van der Waals surface area contributed by atoms with Gasteiger partial charge < -0.3 is 13.9 Å². The number of nitro benzene ring substituents is 1. The number of rotatable bonds is 4. The fourth-order valence-corrected chi connectivity index (χ4v) is 3.21. The van der Waals surface area contributed by atoms with E-state index < -0.39 is 4.92 Å². The molecule has 0 saturated heterocycles. The number of aliphatic imine (C=N–C) groups is 1. The number of hydrogen-bond donors (Lipinski definition) is 1. The van der Waals surface area contributed by atoms with Crippen molar-refractivity contribution in [2.24, 2.45) is 4.99 Å². The minimum absolute atomic E-state index is 0.0347. The van der Waals surface area contributed by atoms with Crippen LogP contribution in [0.15, 0.2) is 68.6 Å². The number of benzene rings is 2. The zero-order chi connectivity index (χ0) is 19.8. The predicted octanol–water partition coefficient (Wildman–Crippen LogP) is 6.12. The lowest BCUT2D eigenvalue weighted by Gasteiger charge is -2.02. The highest BCUT2D eigenvalue weighted by Crippen LogP contribution is 2.39. The van der Waals surface area contributed by atoms with Crippen LogP contribution in [0.5, 0.6) is 5.75 Å².